The van der Waals surface area contributed by atoms with Gasteiger partial charge < -0.3 is 4.74 Å². The van der Waals surface area contributed by atoms with Crippen LogP contribution in [0.25, 0.3) is 0 Å². The molecule has 0 aromatic heterocycles. The average Bonchev–Trinajstić information content (AvgIpc) is 3.32. The van der Waals surface area contributed by atoms with Gasteiger partial charge in [-0.3, -0.25) is 4.31 Å². The van der Waals surface area contributed by atoms with Gasteiger partial charge in [-0.05, 0) is 79.3 Å². The first-order valence-corrected chi connectivity index (χ1v) is 16.7. The summed E-state index contributed by atoms with van der Waals surface area (Å²) in [6.07, 6.45) is -10.1. The monoisotopic (exact) mass is 667 g/mol. The van der Waals surface area contributed by atoms with E-state index in [0.717, 1.165) is 34.6 Å². The Bertz CT molecular complexity index is 1750. The smallest absolute Gasteiger partial charge is 0.420 e. The van der Waals surface area contributed by atoms with Crippen LogP contribution in [0.3, 0.4) is 0 Å². The molecule has 1 atom stereocenters. The lowest BCUT2D eigenvalue weighted by Crippen LogP contribution is -2.45. The SMILES string of the molecule is O=S1(=O)CCC(N(c2ccc3c(c2)C(Oc2c(Cl)cccc2C(F)(F)F)CC3)S(=O)(=O)c2cccc(C(F)(F)F)c2)CC1. The van der Waals surface area contributed by atoms with E-state index in [9.17, 15) is 43.2 Å². The van der Waals surface area contributed by atoms with Gasteiger partial charge in [0, 0.05) is 6.04 Å². The number of rotatable bonds is 6. The van der Waals surface area contributed by atoms with Gasteiger partial charge in [-0.1, -0.05) is 29.8 Å². The maximum absolute atomic E-state index is 14.0. The molecule has 5 rings (SSSR count). The molecule has 0 spiro atoms. The summed E-state index contributed by atoms with van der Waals surface area (Å²) in [7, 11) is -8.11. The van der Waals surface area contributed by atoms with Crippen LogP contribution in [0.5, 0.6) is 5.75 Å². The van der Waals surface area contributed by atoms with E-state index in [1.165, 1.54) is 18.2 Å². The number of hydrogen-bond donors (Lipinski definition) is 0. The second-order valence-electron chi connectivity index (χ2n) is 10.4. The molecule has 1 unspecified atom stereocenters. The third-order valence-corrected chi connectivity index (χ3v) is 11.4. The molecule has 1 fully saturated rings. The number of aryl methyl sites for hydroxylation is 1. The van der Waals surface area contributed by atoms with Crippen molar-refractivity contribution in [1.29, 1.82) is 0 Å². The first kappa shape index (κ1) is 31.5. The van der Waals surface area contributed by atoms with Gasteiger partial charge in [-0.2, -0.15) is 26.3 Å². The van der Waals surface area contributed by atoms with Crippen LogP contribution in [0, 0.1) is 0 Å². The second-order valence-corrected chi connectivity index (χ2v) is 14.9. The fraction of sp³-hybridized carbons (Fsp3) is 0.357. The minimum absolute atomic E-state index is 0.0196. The number of benzene rings is 3. The fourth-order valence-corrected chi connectivity index (χ4v) is 8.84. The van der Waals surface area contributed by atoms with E-state index in [-0.39, 0.29) is 41.5 Å². The van der Waals surface area contributed by atoms with E-state index >= 15 is 0 Å². The molecular formula is C28H24ClF6NO5S2. The Morgan fingerprint density at radius 1 is 0.860 bits per heavy atom. The molecule has 3 aromatic carbocycles. The highest BCUT2D eigenvalue weighted by Gasteiger charge is 2.40. The van der Waals surface area contributed by atoms with E-state index < -0.39 is 66.1 Å². The molecule has 1 saturated heterocycles. The molecule has 3 aromatic rings. The summed E-state index contributed by atoms with van der Waals surface area (Å²) in [5.74, 6) is -1.23. The lowest BCUT2D eigenvalue weighted by Gasteiger charge is -2.35. The zero-order valence-corrected chi connectivity index (χ0v) is 24.5. The second kappa shape index (κ2) is 11.2. The minimum atomic E-state index is -4.82. The van der Waals surface area contributed by atoms with Crippen LogP contribution in [0.15, 0.2) is 65.6 Å². The van der Waals surface area contributed by atoms with Crippen LogP contribution in [-0.2, 0) is 38.6 Å². The zero-order chi connectivity index (χ0) is 31.4. The number of alkyl halides is 6. The predicted molar refractivity (Wildman–Crippen MR) is 147 cm³/mol. The van der Waals surface area contributed by atoms with E-state index in [4.69, 9.17) is 16.3 Å². The molecule has 6 nitrogen and oxygen atoms in total. The number of para-hydroxylation sites is 1. The van der Waals surface area contributed by atoms with Crippen molar-refractivity contribution in [3.8, 4) is 5.75 Å². The molecule has 0 radical (unpaired) electrons. The van der Waals surface area contributed by atoms with Crippen molar-refractivity contribution in [3.05, 3.63) is 87.9 Å². The first-order chi connectivity index (χ1) is 20.0. The normalized spacial score (nSPS) is 19.2. The number of fused-ring (bicyclic) bond motifs is 1. The van der Waals surface area contributed by atoms with E-state index in [2.05, 4.69) is 0 Å². The molecular weight excluding hydrogens is 644 g/mol. The van der Waals surface area contributed by atoms with E-state index in [0.29, 0.717) is 23.6 Å². The Kier molecular flexibility index (Phi) is 8.18. The maximum atomic E-state index is 14.0. The molecule has 1 aliphatic heterocycles. The quantitative estimate of drug-likeness (QED) is 0.260. The van der Waals surface area contributed by atoms with Gasteiger partial charge in [0.05, 0.1) is 38.2 Å². The summed E-state index contributed by atoms with van der Waals surface area (Å²) in [4.78, 5) is -0.644. The lowest BCUT2D eigenvalue weighted by molar-refractivity contribution is -0.139. The Hall–Kier alpha value is -2.97. The van der Waals surface area contributed by atoms with Crippen molar-refractivity contribution >= 4 is 37.1 Å². The summed E-state index contributed by atoms with van der Waals surface area (Å²) < 4.78 is 140. The van der Waals surface area contributed by atoms with Crippen molar-refractivity contribution in [3.63, 3.8) is 0 Å². The summed E-state index contributed by atoms with van der Waals surface area (Å²) in [5.41, 5.74) is -1.18. The molecule has 1 aliphatic carbocycles. The largest absolute Gasteiger partial charge is 0.484 e. The number of sulfone groups is 1. The van der Waals surface area contributed by atoms with Gasteiger partial charge in [0.25, 0.3) is 10.0 Å². The Labute approximate surface area is 249 Å². The van der Waals surface area contributed by atoms with Crippen molar-refractivity contribution < 1.29 is 47.9 Å². The van der Waals surface area contributed by atoms with Gasteiger partial charge >= 0.3 is 12.4 Å². The highest BCUT2D eigenvalue weighted by Crippen LogP contribution is 2.45. The van der Waals surface area contributed by atoms with Crippen molar-refractivity contribution in [2.45, 2.75) is 55.1 Å². The fourth-order valence-electron chi connectivity index (χ4n) is 5.41. The Morgan fingerprint density at radius 3 is 2.19 bits per heavy atom. The van der Waals surface area contributed by atoms with Gasteiger partial charge in [0.2, 0.25) is 0 Å². The molecule has 0 amide bonds. The highest BCUT2D eigenvalue weighted by molar-refractivity contribution is 7.93. The van der Waals surface area contributed by atoms with Crippen LogP contribution in [0.2, 0.25) is 5.02 Å². The summed E-state index contributed by atoms with van der Waals surface area (Å²) in [5, 5.41) is -0.267. The van der Waals surface area contributed by atoms with Gasteiger partial charge in [-0.15, -0.1) is 0 Å². The number of sulfonamides is 1. The lowest BCUT2D eigenvalue weighted by atomic mass is 10.1. The molecule has 232 valence electrons. The number of halogens is 7. The number of hydrogen-bond acceptors (Lipinski definition) is 5. The van der Waals surface area contributed by atoms with Gasteiger partial charge in [0.1, 0.15) is 15.9 Å². The van der Waals surface area contributed by atoms with Gasteiger partial charge in [-0.25, -0.2) is 16.8 Å². The van der Waals surface area contributed by atoms with Crippen LogP contribution >= 0.6 is 11.6 Å². The van der Waals surface area contributed by atoms with Gasteiger partial charge in [0.15, 0.2) is 5.75 Å². The molecule has 0 saturated carbocycles. The van der Waals surface area contributed by atoms with Crippen LogP contribution in [0.1, 0.15) is 47.6 Å². The molecule has 0 N–H and O–H groups in total. The number of anilines is 1. The molecule has 0 bridgehead atoms. The minimum Gasteiger partial charge on any atom is -0.484 e. The molecule has 15 heteroatoms. The molecule has 2 aliphatic rings. The third-order valence-electron chi connectivity index (χ3n) is 7.51. The molecule has 1 heterocycles. The number of nitrogens with zero attached hydrogens (tertiary/aromatic N) is 1. The number of ether oxygens (including phenoxy) is 1. The van der Waals surface area contributed by atoms with Crippen LogP contribution in [0.4, 0.5) is 32.0 Å². The zero-order valence-electron chi connectivity index (χ0n) is 22.1. The Balaban J connectivity index is 1.58. The summed E-state index contributed by atoms with van der Waals surface area (Å²) >= 11 is 6.08. The van der Waals surface area contributed by atoms with Crippen molar-refractivity contribution in [2.75, 3.05) is 15.8 Å². The summed E-state index contributed by atoms with van der Waals surface area (Å²) in [6, 6.07) is 9.99. The molecule has 43 heavy (non-hydrogen) atoms. The maximum Gasteiger partial charge on any atom is 0.420 e. The van der Waals surface area contributed by atoms with E-state index in [1.54, 1.807) is 6.07 Å². The van der Waals surface area contributed by atoms with Crippen molar-refractivity contribution in [1.82, 2.24) is 0 Å². The van der Waals surface area contributed by atoms with Crippen LogP contribution < -0.4 is 9.04 Å². The van der Waals surface area contributed by atoms with E-state index in [1.807, 2.05) is 0 Å². The topological polar surface area (TPSA) is 80.8 Å². The average molecular weight is 668 g/mol. The summed E-state index contributed by atoms with van der Waals surface area (Å²) in [6.45, 7) is 0. The van der Waals surface area contributed by atoms with Crippen molar-refractivity contribution in [2.24, 2.45) is 0 Å². The third kappa shape index (κ3) is 6.46. The first-order valence-electron chi connectivity index (χ1n) is 13.0. The standard InChI is InChI=1S/C28H24ClF6NO5S2/c29-24-6-2-5-23(28(33,34)35)26(24)41-25-10-8-17-7-9-20(16-22(17)25)36(19-11-13-42(37,38)14-12-19)43(39,40)21-4-1-3-18(15-21)27(30,31)32/h1-7,9,15-16,19,25H,8,10-14H2. The predicted octanol–water partition coefficient (Wildman–Crippen LogP) is 7.22. The Morgan fingerprint density at radius 2 is 1.53 bits per heavy atom. The highest BCUT2D eigenvalue weighted by atomic mass is 35.5. The van der Waals surface area contributed by atoms with Crippen LogP contribution in [-0.4, -0.2) is 34.4 Å².